The maximum atomic E-state index is 12.6. The largest absolute Gasteiger partial charge is 0.490 e. The summed E-state index contributed by atoms with van der Waals surface area (Å²) in [6.07, 6.45) is -12.6. The molecule has 0 spiro atoms. The predicted molar refractivity (Wildman–Crippen MR) is 120 cm³/mol. The molecule has 0 saturated heterocycles. The number of carbonyl (C=O) groups excluding carboxylic acids is 1. The van der Waals surface area contributed by atoms with Crippen LogP contribution in [0.1, 0.15) is 27.4 Å². The lowest BCUT2D eigenvalue weighted by molar-refractivity contribution is -0.193. The third-order valence-corrected chi connectivity index (χ3v) is 4.53. The SMILES string of the molecule is CN1CCc2[nH]nc(C(=O)N(C)Cc3ccccn3)c2C1.O=C(O)C(F)(F)F.O=C(O)C(F)(F)F.O=C(O)C(F)(F)F. The molecule has 12 nitrogen and oxygen atoms in total. The van der Waals surface area contributed by atoms with Gasteiger partial charge in [0.15, 0.2) is 5.69 Å². The quantitative estimate of drug-likeness (QED) is 0.370. The molecule has 0 atom stereocenters. The third-order valence-electron chi connectivity index (χ3n) is 4.53. The van der Waals surface area contributed by atoms with Crippen molar-refractivity contribution in [2.75, 3.05) is 20.6 Å². The number of carboxylic acid groups (broad SMARTS) is 3. The van der Waals surface area contributed by atoms with Crippen LogP contribution in [0.15, 0.2) is 24.4 Å². The topological polar surface area (TPSA) is 177 Å². The van der Waals surface area contributed by atoms with Gasteiger partial charge in [0, 0.05) is 44.0 Å². The van der Waals surface area contributed by atoms with Crippen LogP contribution in [-0.2, 0) is 33.9 Å². The van der Waals surface area contributed by atoms with Gasteiger partial charge in [-0.25, -0.2) is 14.4 Å². The average molecular weight is 627 g/mol. The van der Waals surface area contributed by atoms with Crippen molar-refractivity contribution in [1.29, 1.82) is 0 Å². The molecule has 1 amide bonds. The second-order valence-corrected chi connectivity index (χ2v) is 7.91. The van der Waals surface area contributed by atoms with Gasteiger partial charge in [-0.15, -0.1) is 0 Å². The first kappa shape index (κ1) is 37.6. The standard InChI is InChI=1S/C15H19N5O.3C2HF3O2/c1-19-8-6-13-12(10-19)14(18-17-13)15(21)20(2)9-11-5-3-4-7-16-11;3*3-2(4,5)1(6)7/h3-5,7H,6,8-10H2,1-2H3,(H,17,18);3*(H,6,7). The maximum Gasteiger partial charge on any atom is 0.490 e. The Kier molecular flexibility index (Phi) is 13.9. The number of hydrogen-bond acceptors (Lipinski definition) is 7. The van der Waals surface area contributed by atoms with Gasteiger partial charge in [0.05, 0.1) is 12.2 Å². The Morgan fingerprint density at radius 2 is 1.36 bits per heavy atom. The highest BCUT2D eigenvalue weighted by Gasteiger charge is 2.39. The van der Waals surface area contributed by atoms with Gasteiger partial charge >= 0.3 is 36.4 Å². The number of amides is 1. The van der Waals surface area contributed by atoms with Crippen LogP contribution in [0.25, 0.3) is 0 Å². The molecule has 0 saturated carbocycles. The molecule has 42 heavy (non-hydrogen) atoms. The van der Waals surface area contributed by atoms with Crippen molar-refractivity contribution in [2.45, 2.75) is 38.0 Å². The second-order valence-electron chi connectivity index (χ2n) is 7.91. The summed E-state index contributed by atoms with van der Waals surface area (Å²) < 4.78 is 95.2. The fourth-order valence-corrected chi connectivity index (χ4v) is 2.59. The van der Waals surface area contributed by atoms with Crippen molar-refractivity contribution in [3.05, 3.63) is 47.0 Å². The number of pyridine rings is 1. The predicted octanol–water partition coefficient (Wildman–Crippen LogP) is 2.96. The van der Waals surface area contributed by atoms with Crippen LogP contribution in [0.4, 0.5) is 39.5 Å². The van der Waals surface area contributed by atoms with E-state index in [1.165, 1.54) is 0 Å². The highest BCUT2D eigenvalue weighted by molar-refractivity contribution is 5.93. The molecular formula is C21H22F9N5O7. The van der Waals surface area contributed by atoms with Crippen LogP contribution in [0, 0.1) is 0 Å². The smallest absolute Gasteiger partial charge is 0.475 e. The second kappa shape index (κ2) is 15.5. The molecule has 0 fully saturated rings. The molecule has 3 heterocycles. The lowest BCUT2D eigenvalue weighted by Gasteiger charge is -2.23. The lowest BCUT2D eigenvalue weighted by atomic mass is 10.1. The number of aromatic amines is 1. The van der Waals surface area contributed by atoms with Gasteiger partial charge < -0.3 is 25.1 Å². The zero-order chi connectivity index (χ0) is 33.1. The molecule has 21 heteroatoms. The Balaban J connectivity index is 0.000000660. The molecule has 3 rings (SSSR count). The molecule has 0 unspecified atom stereocenters. The molecule has 0 aliphatic carbocycles. The number of likely N-dealkylation sites (N-methyl/N-ethyl adjacent to an activating group) is 1. The number of alkyl halides is 9. The van der Waals surface area contributed by atoms with Gasteiger partial charge in [-0.1, -0.05) is 6.07 Å². The van der Waals surface area contributed by atoms with Crippen LogP contribution < -0.4 is 0 Å². The van der Waals surface area contributed by atoms with Crippen LogP contribution >= 0.6 is 0 Å². The van der Waals surface area contributed by atoms with Crippen molar-refractivity contribution < 1.29 is 74.0 Å². The number of halogens is 9. The number of fused-ring (bicyclic) bond motifs is 1. The highest BCUT2D eigenvalue weighted by Crippen LogP contribution is 2.21. The van der Waals surface area contributed by atoms with E-state index in [0.717, 1.165) is 36.5 Å². The summed E-state index contributed by atoms with van der Waals surface area (Å²) >= 11 is 0. The number of aromatic nitrogens is 3. The molecule has 0 aromatic carbocycles. The van der Waals surface area contributed by atoms with E-state index in [-0.39, 0.29) is 5.91 Å². The van der Waals surface area contributed by atoms with Gasteiger partial charge in [-0.05, 0) is 19.2 Å². The van der Waals surface area contributed by atoms with E-state index in [1.807, 2.05) is 18.2 Å². The van der Waals surface area contributed by atoms with Crippen molar-refractivity contribution in [3.8, 4) is 0 Å². The summed E-state index contributed by atoms with van der Waals surface area (Å²) in [6, 6.07) is 5.70. The van der Waals surface area contributed by atoms with E-state index < -0.39 is 36.4 Å². The highest BCUT2D eigenvalue weighted by atomic mass is 19.4. The Hall–Kier alpha value is -4.43. The number of hydrogen-bond donors (Lipinski definition) is 4. The number of carboxylic acids is 3. The normalized spacial score (nSPS) is 13.0. The number of nitrogens with one attached hydrogen (secondary N) is 1. The first-order valence-electron chi connectivity index (χ1n) is 10.8. The minimum absolute atomic E-state index is 0.0616. The summed E-state index contributed by atoms with van der Waals surface area (Å²) in [5.41, 5.74) is 3.52. The zero-order valence-corrected chi connectivity index (χ0v) is 21.3. The Morgan fingerprint density at radius 1 is 0.905 bits per heavy atom. The first-order chi connectivity index (χ1) is 19.0. The monoisotopic (exact) mass is 627 g/mol. The molecule has 4 N–H and O–H groups in total. The van der Waals surface area contributed by atoms with E-state index in [9.17, 15) is 44.3 Å². The summed E-state index contributed by atoms with van der Waals surface area (Å²) in [5.74, 6) is -8.33. The van der Waals surface area contributed by atoms with E-state index in [1.54, 1.807) is 18.1 Å². The molecule has 0 radical (unpaired) electrons. The van der Waals surface area contributed by atoms with Crippen molar-refractivity contribution in [2.24, 2.45) is 0 Å². The Labute approximate surface area is 229 Å². The fourth-order valence-electron chi connectivity index (χ4n) is 2.59. The number of nitrogens with zero attached hydrogens (tertiary/aromatic N) is 4. The first-order valence-corrected chi connectivity index (χ1v) is 10.8. The minimum atomic E-state index is -5.08. The van der Waals surface area contributed by atoms with E-state index >= 15 is 0 Å². The maximum absolute atomic E-state index is 12.6. The molecule has 236 valence electrons. The molecule has 2 aromatic rings. The summed E-state index contributed by atoms with van der Waals surface area (Å²) in [4.78, 5) is 47.4. The van der Waals surface area contributed by atoms with Gasteiger partial charge in [-0.3, -0.25) is 14.9 Å². The molecule has 0 bridgehead atoms. The van der Waals surface area contributed by atoms with Crippen LogP contribution in [-0.4, -0.2) is 103 Å². The average Bonchev–Trinajstić information content (AvgIpc) is 3.26. The zero-order valence-electron chi connectivity index (χ0n) is 21.3. The van der Waals surface area contributed by atoms with Crippen molar-refractivity contribution >= 4 is 23.8 Å². The van der Waals surface area contributed by atoms with Gasteiger partial charge in [0.2, 0.25) is 0 Å². The van der Waals surface area contributed by atoms with Crippen LogP contribution in [0.2, 0.25) is 0 Å². The fraction of sp³-hybridized carbons (Fsp3) is 0.429. The van der Waals surface area contributed by atoms with Crippen molar-refractivity contribution in [1.82, 2.24) is 25.0 Å². The number of carbonyl (C=O) groups is 4. The Bertz CT molecular complexity index is 1140. The number of rotatable bonds is 3. The lowest BCUT2D eigenvalue weighted by Crippen LogP contribution is -2.31. The van der Waals surface area contributed by atoms with Crippen LogP contribution in [0.5, 0.6) is 0 Å². The third kappa shape index (κ3) is 13.8. The van der Waals surface area contributed by atoms with E-state index in [2.05, 4.69) is 27.1 Å². The summed E-state index contributed by atoms with van der Waals surface area (Å²) in [7, 11) is 3.84. The van der Waals surface area contributed by atoms with Crippen molar-refractivity contribution in [3.63, 3.8) is 0 Å². The van der Waals surface area contributed by atoms with E-state index in [4.69, 9.17) is 29.7 Å². The number of aliphatic carboxylic acids is 3. The minimum Gasteiger partial charge on any atom is -0.475 e. The van der Waals surface area contributed by atoms with Gasteiger partial charge in [0.25, 0.3) is 5.91 Å². The Morgan fingerprint density at radius 3 is 1.74 bits per heavy atom. The van der Waals surface area contributed by atoms with E-state index in [0.29, 0.717) is 12.2 Å². The van der Waals surface area contributed by atoms with Gasteiger partial charge in [-0.2, -0.15) is 44.6 Å². The summed E-state index contributed by atoms with van der Waals surface area (Å²) in [5, 5.41) is 28.6. The molecular weight excluding hydrogens is 605 g/mol. The number of H-pyrrole nitrogens is 1. The molecule has 2 aromatic heterocycles. The summed E-state index contributed by atoms with van der Waals surface area (Å²) in [6.45, 7) is 2.24. The van der Waals surface area contributed by atoms with Crippen LogP contribution in [0.3, 0.4) is 0 Å². The van der Waals surface area contributed by atoms with Gasteiger partial charge in [0.1, 0.15) is 0 Å². The molecule has 1 aliphatic rings. The molecule has 1 aliphatic heterocycles.